The van der Waals surface area contributed by atoms with Crippen molar-refractivity contribution in [1.29, 1.82) is 0 Å². The monoisotopic (exact) mass is 283 g/mol. The van der Waals surface area contributed by atoms with E-state index < -0.39 is 0 Å². The molecule has 110 valence electrons. The number of hydrogen-bond acceptors (Lipinski definition) is 1. The van der Waals surface area contributed by atoms with E-state index in [1.54, 1.807) is 6.07 Å². The molecule has 1 aliphatic heterocycles. The molecule has 0 aromatic heterocycles. The summed E-state index contributed by atoms with van der Waals surface area (Å²) < 4.78 is 13.9. The van der Waals surface area contributed by atoms with Gasteiger partial charge in [0.1, 0.15) is 5.82 Å². The fraction of sp³-hybridized carbons (Fsp3) is 0.368. The highest BCUT2D eigenvalue weighted by atomic mass is 19.1. The van der Waals surface area contributed by atoms with Crippen LogP contribution in [0.3, 0.4) is 0 Å². The quantitative estimate of drug-likeness (QED) is 0.866. The van der Waals surface area contributed by atoms with Crippen LogP contribution < -0.4 is 5.32 Å². The van der Waals surface area contributed by atoms with Crippen LogP contribution >= 0.6 is 0 Å². The van der Waals surface area contributed by atoms with Crippen LogP contribution in [0.25, 0.3) is 0 Å². The summed E-state index contributed by atoms with van der Waals surface area (Å²) in [5.74, 6) is 0.721. The highest BCUT2D eigenvalue weighted by Crippen LogP contribution is 2.37. The molecule has 2 aromatic carbocycles. The van der Waals surface area contributed by atoms with E-state index in [0.29, 0.717) is 11.8 Å². The third kappa shape index (κ3) is 3.01. The second-order valence-corrected chi connectivity index (χ2v) is 6.13. The number of benzene rings is 2. The third-order valence-electron chi connectivity index (χ3n) is 4.61. The van der Waals surface area contributed by atoms with Gasteiger partial charge in [0.05, 0.1) is 0 Å². The van der Waals surface area contributed by atoms with Crippen molar-refractivity contribution < 1.29 is 4.39 Å². The molecule has 0 aliphatic carbocycles. The van der Waals surface area contributed by atoms with E-state index in [-0.39, 0.29) is 5.82 Å². The molecule has 1 aliphatic rings. The molecule has 0 bridgehead atoms. The van der Waals surface area contributed by atoms with Crippen molar-refractivity contribution in [2.45, 2.75) is 32.1 Å². The molecule has 0 radical (unpaired) electrons. The van der Waals surface area contributed by atoms with Gasteiger partial charge >= 0.3 is 0 Å². The molecule has 2 aromatic rings. The van der Waals surface area contributed by atoms with Gasteiger partial charge in [-0.3, -0.25) is 0 Å². The number of nitrogens with one attached hydrogen (secondary N) is 1. The SMILES string of the molecule is Cc1ccc(C2CNCCC2c2ccc(C)c(F)c2)cc1. The first-order valence-electron chi connectivity index (χ1n) is 7.68. The first-order chi connectivity index (χ1) is 10.1. The van der Waals surface area contributed by atoms with Crippen molar-refractivity contribution in [3.05, 3.63) is 70.5 Å². The Bertz CT molecular complexity index is 618. The Labute approximate surface area is 126 Å². The predicted octanol–water partition coefficient (Wildman–Crippen LogP) is 4.30. The highest BCUT2D eigenvalue weighted by molar-refractivity contribution is 5.33. The van der Waals surface area contributed by atoms with E-state index in [1.165, 1.54) is 11.1 Å². The molecule has 21 heavy (non-hydrogen) atoms. The van der Waals surface area contributed by atoms with Gasteiger partial charge in [0, 0.05) is 12.5 Å². The Morgan fingerprint density at radius 1 is 0.952 bits per heavy atom. The van der Waals surface area contributed by atoms with Crippen LogP contribution in [0.2, 0.25) is 0 Å². The van der Waals surface area contributed by atoms with Crippen LogP contribution in [0, 0.1) is 19.7 Å². The standard InChI is InChI=1S/C19H22FN/c1-13-3-6-15(7-4-13)18-12-21-10-9-17(18)16-8-5-14(2)19(20)11-16/h3-8,11,17-18,21H,9-10,12H2,1-2H3. The molecule has 3 rings (SSSR count). The van der Waals surface area contributed by atoms with Crippen molar-refractivity contribution in [3.63, 3.8) is 0 Å². The van der Waals surface area contributed by atoms with Gasteiger partial charge in [-0.05, 0) is 55.5 Å². The van der Waals surface area contributed by atoms with E-state index in [9.17, 15) is 4.39 Å². The molecule has 2 unspecified atom stereocenters. The van der Waals surface area contributed by atoms with Crippen LogP contribution in [-0.2, 0) is 0 Å². The lowest BCUT2D eigenvalue weighted by Crippen LogP contribution is -2.34. The molecule has 1 N–H and O–H groups in total. The Kier molecular flexibility index (Phi) is 4.07. The summed E-state index contributed by atoms with van der Waals surface area (Å²) in [4.78, 5) is 0. The number of aryl methyl sites for hydroxylation is 2. The van der Waals surface area contributed by atoms with Gasteiger partial charge in [-0.1, -0.05) is 42.0 Å². The molecule has 1 nitrogen and oxygen atoms in total. The normalized spacial score (nSPS) is 22.2. The number of halogens is 1. The van der Waals surface area contributed by atoms with E-state index in [4.69, 9.17) is 0 Å². The van der Waals surface area contributed by atoms with Gasteiger partial charge in [0.25, 0.3) is 0 Å². The van der Waals surface area contributed by atoms with Gasteiger partial charge in [-0.2, -0.15) is 0 Å². The summed E-state index contributed by atoms with van der Waals surface area (Å²) in [5, 5.41) is 3.48. The molecular weight excluding hydrogens is 261 g/mol. The zero-order valence-corrected chi connectivity index (χ0v) is 12.7. The van der Waals surface area contributed by atoms with Gasteiger partial charge < -0.3 is 5.32 Å². The average Bonchev–Trinajstić information content (AvgIpc) is 2.51. The summed E-state index contributed by atoms with van der Waals surface area (Å²) in [6.45, 7) is 5.89. The maximum Gasteiger partial charge on any atom is 0.126 e. The molecule has 1 heterocycles. The van der Waals surface area contributed by atoms with Crippen molar-refractivity contribution in [3.8, 4) is 0 Å². The topological polar surface area (TPSA) is 12.0 Å². The summed E-state index contributed by atoms with van der Waals surface area (Å²) in [6, 6.07) is 14.5. The van der Waals surface area contributed by atoms with Crippen LogP contribution in [0.4, 0.5) is 4.39 Å². The Hall–Kier alpha value is -1.67. The minimum Gasteiger partial charge on any atom is -0.316 e. The molecule has 0 amide bonds. The minimum absolute atomic E-state index is 0.0892. The molecule has 2 atom stereocenters. The van der Waals surface area contributed by atoms with E-state index >= 15 is 0 Å². The zero-order valence-electron chi connectivity index (χ0n) is 12.7. The van der Waals surface area contributed by atoms with Crippen LogP contribution in [-0.4, -0.2) is 13.1 Å². The van der Waals surface area contributed by atoms with Gasteiger partial charge in [0.2, 0.25) is 0 Å². The molecular formula is C19H22FN. The fourth-order valence-electron chi connectivity index (χ4n) is 3.26. The van der Waals surface area contributed by atoms with Gasteiger partial charge in [-0.15, -0.1) is 0 Å². The van der Waals surface area contributed by atoms with Crippen molar-refractivity contribution in [2.75, 3.05) is 13.1 Å². The second kappa shape index (κ2) is 5.98. The molecule has 2 heteroatoms. The van der Waals surface area contributed by atoms with Crippen LogP contribution in [0.15, 0.2) is 42.5 Å². The predicted molar refractivity (Wildman–Crippen MR) is 85.3 cm³/mol. The fourth-order valence-corrected chi connectivity index (χ4v) is 3.26. The number of rotatable bonds is 2. The summed E-state index contributed by atoms with van der Waals surface area (Å²) in [7, 11) is 0. The van der Waals surface area contributed by atoms with Gasteiger partial charge in [-0.25, -0.2) is 4.39 Å². The average molecular weight is 283 g/mol. The van der Waals surface area contributed by atoms with Gasteiger partial charge in [0.15, 0.2) is 0 Å². The lowest BCUT2D eigenvalue weighted by atomic mass is 9.77. The number of piperidine rings is 1. The van der Waals surface area contributed by atoms with Crippen LogP contribution in [0.5, 0.6) is 0 Å². The van der Waals surface area contributed by atoms with Crippen LogP contribution in [0.1, 0.15) is 40.5 Å². The maximum atomic E-state index is 13.9. The Balaban J connectivity index is 1.94. The zero-order chi connectivity index (χ0) is 14.8. The largest absolute Gasteiger partial charge is 0.316 e. The lowest BCUT2D eigenvalue weighted by Gasteiger charge is -2.33. The summed E-state index contributed by atoms with van der Waals surface area (Å²) in [5.41, 5.74) is 4.48. The first-order valence-corrected chi connectivity index (χ1v) is 7.68. The smallest absolute Gasteiger partial charge is 0.126 e. The van der Waals surface area contributed by atoms with Crippen molar-refractivity contribution >= 4 is 0 Å². The van der Waals surface area contributed by atoms with Crippen molar-refractivity contribution in [2.24, 2.45) is 0 Å². The molecule has 0 spiro atoms. The van der Waals surface area contributed by atoms with Crippen molar-refractivity contribution in [1.82, 2.24) is 5.32 Å². The summed E-state index contributed by atoms with van der Waals surface area (Å²) in [6.07, 6.45) is 1.06. The minimum atomic E-state index is -0.0892. The second-order valence-electron chi connectivity index (χ2n) is 6.13. The molecule has 1 fully saturated rings. The first kappa shape index (κ1) is 14.3. The highest BCUT2D eigenvalue weighted by Gasteiger charge is 2.28. The Morgan fingerprint density at radius 3 is 2.38 bits per heavy atom. The van der Waals surface area contributed by atoms with E-state index in [0.717, 1.165) is 30.6 Å². The number of hydrogen-bond donors (Lipinski definition) is 1. The molecule has 0 saturated carbocycles. The summed E-state index contributed by atoms with van der Waals surface area (Å²) >= 11 is 0. The van der Waals surface area contributed by atoms with E-state index in [2.05, 4.69) is 42.6 Å². The maximum absolute atomic E-state index is 13.9. The lowest BCUT2D eigenvalue weighted by molar-refractivity contribution is 0.403. The molecule has 1 saturated heterocycles. The Morgan fingerprint density at radius 2 is 1.67 bits per heavy atom. The van der Waals surface area contributed by atoms with E-state index in [1.807, 2.05) is 13.0 Å². The third-order valence-corrected chi connectivity index (χ3v) is 4.61.